The summed E-state index contributed by atoms with van der Waals surface area (Å²) >= 11 is 0. The predicted molar refractivity (Wildman–Crippen MR) is 125 cm³/mol. The van der Waals surface area contributed by atoms with Crippen molar-refractivity contribution in [2.75, 3.05) is 59.5 Å². The number of ether oxygens (including phenoxy) is 1. The van der Waals surface area contributed by atoms with Crippen molar-refractivity contribution < 1.29 is 4.74 Å². The maximum Gasteiger partial charge on any atom is 0.191 e. The Kier molecular flexibility index (Phi) is 13.7. The Bertz CT molecular complexity index is 396. The number of hydrogen-bond acceptors (Lipinski definition) is 4. The topological polar surface area (TPSA) is 52.1 Å². The van der Waals surface area contributed by atoms with Crippen LogP contribution in [0.2, 0.25) is 0 Å². The van der Waals surface area contributed by atoms with Gasteiger partial charge in [-0.1, -0.05) is 26.2 Å². The molecular weight excluding hydrogens is 453 g/mol. The van der Waals surface area contributed by atoms with Crippen LogP contribution < -0.4 is 10.6 Å². The average Bonchev–Trinajstić information content (AvgIpc) is 2.70. The summed E-state index contributed by atoms with van der Waals surface area (Å²) in [6, 6.07) is 0.530. The Hall–Kier alpha value is -0.120. The van der Waals surface area contributed by atoms with Crippen LogP contribution >= 0.6 is 24.0 Å². The van der Waals surface area contributed by atoms with Crippen molar-refractivity contribution in [1.82, 2.24) is 20.4 Å². The van der Waals surface area contributed by atoms with Gasteiger partial charge >= 0.3 is 0 Å². The highest BCUT2D eigenvalue weighted by Gasteiger charge is 2.20. The van der Waals surface area contributed by atoms with Gasteiger partial charge in [-0.15, -0.1) is 24.0 Å². The van der Waals surface area contributed by atoms with Crippen LogP contribution in [-0.4, -0.2) is 87.4 Å². The van der Waals surface area contributed by atoms with Gasteiger partial charge in [0.25, 0.3) is 0 Å². The first-order valence-corrected chi connectivity index (χ1v) is 10.8. The molecule has 1 unspecified atom stereocenters. The Morgan fingerprint density at radius 2 is 1.81 bits per heavy atom. The second kappa shape index (κ2) is 14.8. The van der Waals surface area contributed by atoms with Crippen molar-refractivity contribution >= 4 is 29.9 Å². The fourth-order valence-corrected chi connectivity index (χ4v) is 3.88. The van der Waals surface area contributed by atoms with E-state index >= 15 is 0 Å². The summed E-state index contributed by atoms with van der Waals surface area (Å²) in [5.74, 6) is 0.904. The molecule has 1 heterocycles. The third-order valence-corrected chi connectivity index (χ3v) is 5.79. The minimum absolute atomic E-state index is 0. The third-order valence-electron chi connectivity index (χ3n) is 5.79. The lowest BCUT2D eigenvalue weighted by atomic mass is 9.98. The van der Waals surface area contributed by atoms with Gasteiger partial charge in [-0.2, -0.15) is 0 Å². The molecule has 0 aromatic heterocycles. The summed E-state index contributed by atoms with van der Waals surface area (Å²) in [6.45, 7) is 13.1. The molecule has 1 saturated heterocycles. The average molecular weight is 495 g/mol. The molecule has 1 aliphatic carbocycles. The number of nitrogens with one attached hydrogen (secondary N) is 2. The highest BCUT2D eigenvalue weighted by atomic mass is 127. The molecule has 6 nitrogen and oxygen atoms in total. The van der Waals surface area contributed by atoms with E-state index in [0.29, 0.717) is 12.1 Å². The van der Waals surface area contributed by atoms with Crippen LogP contribution in [0.25, 0.3) is 0 Å². The first-order valence-electron chi connectivity index (χ1n) is 10.8. The molecule has 0 aromatic rings. The van der Waals surface area contributed by atoms with Gasteiger partial charge in [0.15, 0.2) is 5.96 Å². The molecule has 2 fully saturated rings. The molecule has 0 aromatic carbocycles. The first-order chi connectivity index (χ1) is 12.7. The lowest BCUT2D eigenvalue weighted by Gasteiger charge is -2.37. The van der Waals surface area contributed by atoms with E-state index in [1.54, 1.807) is 0 Å². The van der Waals surface area contributed by atoms with Crippen molar-refractivity contribution in [3.05, 3.63) is 0 Å². The second-order valence-corrected chi connectivity index (χ2v) is 7.68. The van der Waals surface area contributed by atoms with Crippen LogP contribution in [0.15, 0.2) is 4.99 Å². The quantitative estimate of drug-likeness (QED) is 0.223. The monoisotopic (exact) mass is 495 g/mol. The van der Waals surface area contributed by atoms with Crippen LogP contribution in [0, 0.1) is 0 Å². The van der Waals surface area contributed by atoms with E-state index in [1.807, 2.05) is 7.05 Å². The largest absolute Gasteiger partial charge is 0.378 e. The minimum atomic E-state index is 0. The highest BCUT2D eigenvalue weighted by Crippen LogP contribution is 2.20. The maximum absolute atomic E-state index is 5.98. The molecule has 27 heavy (non-hydrogen) atoms. The third kappa shape index (κ3) is 9.76. The normalized spacial score (nSPS) is 21.5. The fourth-order valence-electron chi connectivity index (χ4n) is 3.88. The Labute approximate surface area is 183 Å². The first kappa shape index (κ1) is 24.9. The van der Waals surface area contributed by atoms with Crippen LogP contribution in [0.3, 0.4) is 0 Å². The van der Waals surface area contributed by atoms with Gasteiger partial charge in [0, 0.05) is 59.0 Å². The molecule has 2 N–H and O–H groups in total. The number of aliphatic imine (C=N–C) groups is 1. The van der Waals surface area contributed by atoms with Crippen molar-refractivity contribution in [1.29, 1.82) is 0 Å². The van der Waals surface area contributed by atoms with Crippen molar-refractivity contribution in [3.8, 4) is 0 Å². The van der Waals surface area contributed by atoms with Gasteiger partial charge in [0.05, 0.1) is 6.10 Å². The number of piperazine rings is 1. The molecule has 0 spiro atoms. The molecule has 160 valence electrons. The number of guanidine groups is 1. The fraction of sp³-hybridized carbons (Fsp3) is 0.950. The van der Waals surface area contributed by atoms with Gasteiger partial charge in [-0.25, -0.2) is 0 Å². The van der Waals surface area contributed by atoms with Crippen molar-refractivity contribution in [3.63, 3.8) is 0 Å². The Morgan fingerprint density at radius 3 is 2.44 bits per heavy atom. The molecule has 2 aliphatic rings. The molecular formula is C20H42IN5O. The maximum atomic E-state index is 5.98. The van der Waals surface area contributed by atoms with E-state index in [1.165, 1.54) is 64.8 Å². The summed E-state index contributed by atoms with van der Waals surface area (Å²) < 4.78 is 5.98. The molecule has 7 heteroatoms. The smallest absolute Gasteiger partial charge is 0.191 e. The van der Waals surface area contributed by atoms with Crippen LogP contribution in [0.1, 0.15) is 52.4 Å². The summed E-state index contributed by atoms with van der Waals surface area (Å²) in [5.41, 5.74) is 0. The highest BCUT2D eigenvalue weighted by molar-refractivity contribution is 14.0. The summed E-state index contributed by atoms with van der Waals surface area (Å²) in [6.07, 6.45) is 8.11. The van der Waals surface area contributed by atoms with Gasteiger partial charge in [0.2, 0.25) is 0 Å². The molecule has 2 rings (SSSR count). The van der Waals surface area contributed by atoms with Gasteiger partial charge in [0.1, 0.15) is 0 Å². The van der Waals surface area contributed by atoms with E-state index < -0.39 is 0 Å². The van der Waals surface area contributed by atoms with Crippen molar-refractivity contribution in [2.24, 2.45) is 4.99 Å². The standard InChI is InChI=1S/C20H41N5O.HI/c1-4-24-12-14-25(15-13-24)18(2)17-23-20(21-3)22-11-8-16-26-19-9-6-5-7-10-19;/h18-19H,4-17H2,1-3H3,(H2,21,22,23);1H. The summed E-state index contributed by atoms with van der Waals surface area (Å²) in [4.78, 5) is 9.44. The summed E-state index contributed by atoms with van der Waals surface area (Å²) in [7, 11) is 1.85. The molecule has 1 saturated carbocycles. The molecule has 1 aliphatic heterocycles. The lowest BCUT2D eigenvalue weighted by molar-refractivity contribution is 0.0277. The molecule has 0 bridgehead atoms. The van der Waals surface area contributed by atoms with Crippen LogP contribution in [0.5, 0.6) is 0 Å². The number of nitrogens with zero attached hydrogens (tertiary/aromatic N) is 3. The molecule has 0 amide bonds. The van der Waals surface area contributed by atoms with Crippen LogP contribution in [0.4, 0.5) is 0 Å². The second-order valence-electron chi connectivity index (χ2n) is 7.68. The van der Waals surface area contributed by atoms with E-state index in [-0.39, 0.29) is 24.0 Å². The van der Waals surface area contributed by atoms with E-state index in [4.69, 9.17) is 4.74 Å². The number of hydrogen-bond donors (Lipinski definition) is 2. The van der Waals surface area contributed by atoms with Crippen molar-refractivity contribution in [2.45, 2.75) is 64.5 Å². The van der Waals surface area contributed by atoms with Gasteiger partial charge < -0.3 is 20.3 Å². The zero-order valence-corrected chi connectivity index (χ0v) is 20.0. The van der Waals surface area contributed by atoms with Gasteiger partial charge in [-0.05, 0) is 32.7 Å². The van der Waals surface area contributed by atoms with E-state index in [0.717, 1.165) is 32.1 Å². The van der Waals surface area contributed by atoms with E-state index in [9.17, 15) is 0 Å². The minimum Gasteiger partial charge on any atom is -0.378 e. The predicted octanol–water partition coefficient (Wildman–Crippen LogP) is 2.53. The lowest BCUT2D eigenvalue weighted by Crippen LogP contribution is -2.53. The SMILES string of the molecule is CCN1CCN(C(C)CNC(=NC)NCCCOC2CCCCC2)CC1.I. The number of rotatable bonds is 9. The Morgan fingerprint density at radius 1 is 1.11 bits per heavy atom. The Balaban J connectivity index is 0.00000364. The molecule has 0 radical (unpaired) electrons. The summed E-state index contributed by atoms with van der Waals surface area (Å²) in [5, 5.41) is 6.89. The zero-order chi connectivity index (χ0) is 18.6. The zero-order valence-electron chi connectivity index (χ0n) is 17.7. The molecule has 1 atom stereocenters. The number of likely N-dealkylation sites (N-methyl/N-ethyl adjacent to an activating group) is 1. The van der Waals surface area contributed by atoms with Gasteiger partial charge in [-0.3, -0.25) is 9.89 Å². The van der Waals surface area contributed by atoms with Crippen LogP contribution in [-0.2, 0) is 4.74 Å². The number of halogens is 1. The van der Waals surface area contributed by atoms with E-state index in [2.05, 4.69) is 39.3 Å².